The van der Waals surface area contributed by atoms with Crippen molar-refractivity contribution in [1.29, 1.82) is 0 Å². The molecule has 84 valence electrons. The van der Waals surface area contributed by atoms with Crippen LogP contribution in [-0.2, 0) is 0 Å². The summed E-state index contributed by atoms with van der Waals surface area (Å²) in [6.07, 6.45) is 7.37. The van der Waals surface area contributed by atoms with E-state index < -0.39 is 0 Å². The lowest BCUT2D eigenvalue weighted by Gasteiger charge is -2.24. The predicted molar refractivity (Wildman–Crippen MR) is 64.7 cm³/mol. The Hall–Kier alpha value is -1.20. The Bertz CT molecular complexity index is 404. The number of nitrogens with zero attached hydrogens (tertiary/aromatic N) is 1. The summed E-state index contributed by atoms with van der Waals surface area (Å²) in [5.74, 6) is 7.60. The molecule has 0 unspecified atom stereocenters. The van der Waals surface area contributed by atoms with Crippen LogP contribution >= 0.6 is 11.6 Å². The van der Waals surface area contributed by atoms with Crippen LogP contribution in [0.15, 0.2) is 18.5 Å². The molecule has 1 heterocycles. The molecule has 1 aromatic heterocycles. The highest BCUT2D eigenvalue weighted by atomic mass is 35.5. The normalized spacial score (nSPS) is 14.8. The maximum absolute atomic E-state index is 5.67. The standard InChI is InChI=1S/C13H14ClNO/c14-6-2-5-12-7-13(9-15-8-12)16-10-11-3-1-4-11/h7-9,11H,1,3-4,6,10H2. The van der Waals surface area contributed by atoms with Gasteiger partial charge in [0.25, 0.3) is 0 Å². The van der Waals surface area contributed by atoms with Gasteiger partial charge in [-0.25, -0.2) is 0 Å². The highest BCUT2D eigenvalue weighted by Gasteiger charge is 2.17. The minimum atomic E-state index is 0.340. The molecule has 0 saturated heterocycles. The third kappa shape index (κ3) is 3.15. The summed E-state index contributed by atoms with van der Waals surface area (Å²) in [6, 6.07) is 1.91. The van der Waals surface area contributed by atoms with Crippen LogP contribution in [0.2, 0.25) is 0 Å². The molecule has 16 heavy (non-hydrogen) atoms. The summed E-state index contributed by atoms with van der Waals surface area (Å²) < 4.78 is 5.67. The Morgan fingerprint density at radius 1 is 1.44 bits per heavy atom. The summed E-state index contributed by atoms with van der Waals surface area (Å²) in [5.41, 5.74) is 0.853. The van der Waals surface area contributed by atoms with E-state index in [1.165, 1.54) is 19.3 Å². The lowest BCUT2D eigenvalue weighted by molar-refractivity contribution is 0.180. The molecule has 3 heteroatoms. The number of aromatic nitrogens is 1. The minimum Gasteiger partial charge on any atom is -0.492 e. The summed E-state index contributed by atoms with van der Waals surface area (Å²) >= 11 is 5.50. The van der Waals surface area contributed by atoms with Crippen molar-refractivity contribution in [2.24, 2.45) is 5.92 Å². The number of alkyl halides is 1. The van der Waals surface area contributed by atoms with Gasteiger partial charge in [-0.3, -0.25) is 4.98 Å². The lowest BCUT2D eigenvalue weighted by atomic mass is 9.86. The molecule has 0 spiro atoms. The third-order valence-electron chi connectivity index (χ3n) is 2.72. The van der Waals surface area contributed by atoms with E-state index in [1.807, 2.05) is 6.07 Å². The Kier molecular flexibility index (Phi) is 4.07. The first kappa shape index (κ1) is 11.3. The number of pyridine rings is 1. The van der Waals surface area contributed by atoms with Crippen molar-refractivity contribution < 1.29 is 4.74 Å². The summed E-state index contributed by atoms with van der Waals surface area (Å²) in [5, 5.41) is 0. The SMILES string of the molecule is ClCC#Cc1cncc(OCC2CCC2)c1. The first-order valence-corrected chi connectivity index (χ1v) is 6.04. The average Bonchev–Trinajstić information content (AvgIpc) is 2.25. The number of hydrogen-bond acceptors (Lipinski definition) is 2. The molecule has 2 rings (SSSR count). The first-order chi connectivity index (χ1) is 7.88. The van der Waals surface area contributed by atoms with Gasteiger partial charge in [-0.15, -0.1) is 11.6 Å². The molecule has 2 nitrogen and oxygen atoms in total. The fraction of sp³-hybridized carbons (Fsp3) is 0.462. The second kappa shape index (κ2) is 5.77. The van der Waals surface area contributed by atoms with Crippen molar-refractivity contribution in [2.75, 3.05) is 12.5 Å². The molecular weight excluding hydrogens is 222 g/mol. The highest BCUT2D eigenvalue weighted by Crippen LogP contribution is 2.26. The Labute approximate surface area is 101 Å². The fourth-order valence-corrected chi connectivity index (χ4v) is 1.64. The number of hydrogen-bond donors (Lipinski definition) is 0. The second-order valence-electron chi connectivity index (χ2n) is 3.95. The van der Waals surface area contributed by atoms with Gasteiger partial charge in [-0.05, 0) is 24.8 Å². The van der Waals surface area contributed by atoms with Crippen LogP contribution in [0, 0.1) is 17.8 Å². The molecule has 1 saturated carbocycles. The van der Waals surface area contributed by atoms with Crippen molar-refractivity contribution in [3.05, 3.63) is 24.0 Å². The number of rotatable bonds is 3. The van der Waals surface area contributed by atoms with E-state index in [4.69, 9.17) is 16.3 Å². The molecule has 0 aliphatic heterocycles. The van der Waals surface area contributed by atoms with Gasteiger partial charge in [0.2, 0.25) is 0 Å². The number of halogens is 1. The molecule has 0 bridgehead atoms. The van der Waals surface area contributed by atoms with Gasteiger partial charge in [-0.1, -0.05) is 18.3 Å². The van der Waals surface area contributed by atoms with Crippen molar-refractivity contribution in [3.63, 3.8) is 0 Å². The molecule has 0 N–H and O–H groups in total. The van der Waals surface area contributed by atoms with Crippen LogP contribution in [0.5, 0.6) is 5.75 Å². The van der Waals surface area contributed by atoms with Crippen LogP contribution in [0.25, 0.3) is 0 Å². The molecule has 1 aromatic rings. The van der Waals surface area contributed by atoms with E-state index in [0.29, 0.717) is 5.88 Å². The summed E-state index contributed by atoms with van der Waals surface area (Å²) in [7, 11) is 0. The predicted octanol–water partition coefficient (Wildman–Crippen LogP) is 2.85. The lowest BCUT2D eigenvalue weighted by Crippen LogP contribution is -2.19. The molecular formula is C13H14ClNO. The first-order valence-electron chi connectivity index (χ1n) is 5.51. The molecule has 1 aliphatic carbocycles. The van der Waals surface area contributed by atoms with E-state index in [-0.39, 0.29) is 0 Å². The van der Waals surface area contributed by atoms with E-state index in [0.717, 1.165) is 23.8 Å². The van der Waals surface area contributed by atoms with E-state index in [1.54, 1.807) is 12.4 Å². The van der Waals surface area contributed by atoms with Crippen LogP contribution < -0.4 is 4.74 Å². The molecule has 0 amide bonds. The van der Waals surface area contributed by atoms with E-state index in [2.05, 4.69) is 16.8 Å². The fourth-order valence-electron chi connectivity index (χ4n) is 1.58. The zero-order valence-electron chi connectivity index (χ0n) is 9.08. The minimum absolute atomic E-state index is 0.340. The molecule has 0 radical (unpaired) electrons. The van der Waals surface area contributed by atoms with Crippen molar-refractivity contribution in [3.8, 4) is 17.6 Å². The van der Waals surface area contributed by atoms with Gasteiger partial charge in [-0.2, -0.15) is 0 Å². The monoisotopic (exact) mass is 235 g/mol. The smallest absolute Gasteiger partial charge is 0.138 e. The molecule has 0 atom stereocenters. The third-order valence-corrected chi connectivity index (χ3v) is 2.86. The van der Waals surface area contributed by atoms with Gasteiger partial charge >= 0.3 is 0 Å². The van der Waals surface area contributed by atoms with Crippen molar-refractivity contribution in [1.82, 2.24) is 4.98 Å². The van der Waals surface area contributed by atoms with Gasteiger partial charge in [0.15, 0.2) is 0 Å². The van der Waals surface area contributed by atoms with Crippen LogP contribution in [0.1, 0.15) is 24.8 Å². The van der Waals surface area contributed by atoms with Crippen molar-refractivity contribution in [2.45, 2.75) is 19.3 Å². The van der Waals surface area contributed by atoms with Gasteiger partial charge in [0.05, 0.1) is 18.7 Å². The van der Waals surface area contributed by atoms with Gasteiger partial charge in [0, 0.05) is 11.8 Å². The van der Waals surface area contributed by atoms with E-state index in [9.17, 15) is 0 Å². The zero-order chi connectivity index (χ0) is 11.2. The number of ether oxygens (including phenoxy) is 1. The maximum Gasteiger partial charge on any atom is 0.138 e. The van der Waals surface area contributed by atoms with Crippen LogP contribution in [0.3, 0.4) is 0 Å². The topological polar surface area (TPSA) is 22.1 Å². The highest BCUT2D eigenvalue weighted by molar-refractivity contribution is 6.19. The maximum atomic E-state index is 5.67. The molecule has 1 aliphatic rings. The summed E-state index contributed by atoms with van der Waals surface area (Å²) in [4.78, 5) is 4.09. The van der Waals surface area contributed by atoms with E-state index >= 15 is 0 Å². The van der Waals surface area contributed by atoms with Gasteiger partial charge < -0.3 is 4.74 Å². The quantitative estimate of drug-likeness (QED) is 0.594. The Balaban J connectivity index is 1.92. The Morgan fingerprint density at radius 3 is 3.00 bits per heavy atom. The second-order valence-corrected chi connectivity index (χ2v) is 4.22. The largest absolute Gasteiger partial charge is 0.492 e. The summed E-state index contributed by atoms with van der Waals surface area (Å²) in [6.45, 7) is 0.800. The zero-order valence-corrected chi connectivity index (χ0v) is 9.83. The molecule has 0 aromatic carbocycles. The average molecular weight is 236 g/mol. The van der Waals surface area contributed by atoms with Crippen molar-refractivity contribution >= 4 is 11.6 Å². The molecule has 1 fully saturated rings. The van der Waals surface area contributed by atoms with Gasteiger partial charge in [0.1, 0.15) is 5.75 Å². The Morgan fingerprint density at radius 2 is 2.31 bits per heavy atom. The van der Waals surface area contributed by atoms with Crippen LogP contribution in [-0.4, -0.2) is 17.5 Å². The van der Waals surface area contributed by atoms with Crippen LogP contribution in [0.4, 0.5) is 0 Å².